The molecule has 0 heterocycles. The number of aliphatic hydroxyl groups is 1. The van der Waals surface area contributed by atoms with Gasteiger partial charge in [0.2, 0.25) is 5.91 Å². The summed E-state index contributed by atoms with van der Waals surface area (Å²) in [5, 5.41) is 12.2. The molecule has 0 aromatic heterocycles. The molecule has 2 unspecified atom stereocenters. The first-order valence-corrected chi connectivity index (χ1v) is 7.06. The van der Waals surface area contributed by atoms with Crippen molar-refractivity contribution in [2.45, 2.75) is 51.8 Å². The Labute approximate surface area is 103 Å². The minimum Gasteiger partial charge on any atom is -0.394 e. The maximum Gasteiger partial charge on any atom is 0.233 e. The van der Waals surface area contributed by atoms with Crippen LogP contribution in [0.1, 0.15) is 40.5 Å². The molecule has 3 nitrogen and oxygen atoms in total. The minimum absolute atomic E-state index is 0.00554. The van der Waals surface area contributed by atoms with Gasteiger partial charge >= 0.3 is 0 Å². The van der Waals surface area contributed by atoms with Gasteiger partial charge in [-0.1, -0.05) is 27.7 Å². The van der Waals surface area contributed by atoms with E-state index in [0.29, 0.717) is 0 Å². The number of hydrogen-bond donors (Lipinski definition) is 2. The number of aliphatic hydroxyl groups excluding tert-OH is 1. The van der Waals surface area contributed by atoms with Crippen LogP contribution in [0.2, 0.25) is 0 Å². The van der Waals surface area contributed by atoms with Gasteiger partial charge in [-0.05, 0) is 24.5 Å². The second-order valence-corrected chi connectivity index (χ2v) is 6.33. The molecule has 4 heteroatoms. The minimum atomic E-state index is -0.131. The Morgan fingerprint density at radius 2 is 2.00 bits per heavy atom. The molecule has 0 aromatic carbocycles. The normalized spacial score (nSPS) is 15.6. The molecule has 0 aliphatic rings. The Morgan fingerprint density at radius 1 is 1.44 bits per heavy atom. The molecule has 2 N–H and O–H groups in total. The van der Waals surface area contributed by atoms with Gasteiger partial charge in [-0.25, -0.2) is 0 Å². The number of hydrogen-bond acceptors (Lipinski definition) is 3. The van der Waals surface area contributed by atoms with Crippen LogP contribution in [0.4, 0.5) is 0 Å². The zero-order valence-electron chi connectivity index (χ0n) is 11.0. The number of rotatable bonds is 6. The first kappa shape index (κ1) is 15.8. The Hall–Kier alpha value is -0.220. The van der Waals surface area contributed by atoms with Crippen LogP contribution in [-0.2, 0) is 4.79 Å². The van der Waals surface area contributed by atoms with Crippen molar-refractivity contribution in [2.24, 2.45) is 5.41 Å². The van der Waals surface area contributed by atoms with E-state index >= 15 is 0 Å². The molecule has 96 valence electrons. The highest BCUT2D eigenvalue weighted by Crippen LogP contribution is 2.21. The molecule has 0 spiro atoms. The fourth-order valence-corrected chi connectivity index (χ4v) is 2.27. The second-order valence-electron chi connectivity index (χ2n) is 5.29. The van der Waals surface area contributed by atoms with Gasteiger partial charge in [0.25, 0.3) is 0 Å². The largest absolute Gasteiger partial charge is 0.394 e. The Balaban J connectivity index is 4.26. The third-order valence-electron chi connectivity index (χ3n) is 2.37. The van der Waals surface area contributed by atoms with E-state index in [1.54, 1.807) is 11.8 Å². The van der Waals surface area contributed by atoms with Crippen molar-refractivity contribution in [1.29, 1.82) is 0 Å². The van der Waals surface area contributed by atoms with E-state index in [2.05, 4.69) is 26.1 Å². The number of thioether (sulfide) groups is 1. The monoisotopic (exact) mass is 247 g/mol. The lowest BCUT2D eigenvalue weighted by Gasteiger charge is -2.26. The van der Waals surface area contributed by atoms with Crippen molar-refractivity contribution in [1.82, 2.24) is 5.32 Å². The summed E-state index contributed by atoms with van der Waals surface area (Å²) in [5.41, 5.74) is 0.113. The number of carbonyl (C=O) groups is 1. The molecule has 16 heavy (non-hydrogen) atoms. The lowest BCUT2D eigenvalue weighted by molar-refractivity contribution is -0.121. The molecule has 1 amide bonds. The summed E-state index contributed by atoms with van der Waals surface area (Å²) < 4.78 is 0. The van der Waals surface area contributed by atoms with Gasteiger partial charge in [-0.3, -0.25) is 4.79 Å². The van der Waals surface area contributed by atoms with Crippen molar-refractivity contribution in [3.8, 4) is 0 Å². The van der Waals surface area contributed by atoms with Gasteiger partial charge in [0, 0.05) is 0 Å². The fourth-order valence-electron chi connectivity index (χ4n) is 1.65. The molecule has 0 fully saturated rings. The highest BCUT2D eigenvalue weighted by atomic mass is 32.2. The van der Waals surface area contributed by atoms with Gasteiger partial charge < -0.3 is 10.4 Å². The van der Waals surface area contributed by atoms with E-state index in [4.69, 9.17) is 0 Å². The zero-order chi connectivity index (χ0) is 12.8. The molecular weight excluding hydrogens is 222 g/mol. The molecular formula is C12H25NO2S. The van der Waals surface area contributed by atoms with E-state index in [1.165, 1.54) is 0 Å². The maximum absolute atomic E-state index is 11.8. The topological polar surface area (TPSA) is 49.3 Å². The third-order valence-corrected chi connectivity index (χ3v) is 3.49. The summed E-state index contributed by atoms with van der Waals surface area (Å²) in [7, 11) is 0. The third kappa shape index (κ3) is 6.38. The van der Waals surface area contributed by atoms with Crippen LogP contribution in [0.5, 0.6) is 0 Å². The van der Waals surface area contributed by atoms with E-state index < -0.39 is 0 Å². The molecule has 0 aliphatic heterocycles. The Morgan fingerprint density at radius 3 is 2.31 bits per heavy atom. The Kier molecular flexibility index (Phi) is 7.07. The van der Waals surface area contributed by atoms with Gasteiger partial charge in [0.1, 0.15) is 0 Å². The van der Waals surface area contributed by atoms with E-state index in [-0.39, 0.29) is 29.2 Å². The van der Waals surface area contributed by atoms with Crippen molar-refractivity contribution in [2.75, 3.05) is 12.9 Å². The van der Waals surface area contributed by atoms with Crippen molar-refractivity contribution in [3.05, 3.63) is 0 Å². The summed E-state index contributed by atoms with van der Waals surface area (Å²) in [6.45, 7) is 8.32. The van der Waals surface area contributed by atoms with E-state index in [9.17, 15) is 9.90 Å². The van der Waals surface area contributed by atoms with Crippen LogP contribution in [0.3, 0.4) is 0 Å². The lowest BCUT2D eigenvalue weighted by atomic mass is 9.88. The van der Waals surface area contributed by atoms with Crippen LogP contribution in [0, 0.1) is 5.41 Å². The van der Waals surface area contributed by atoms with E-state index in [1.807, 2.05) is 13.2 Å². The molecule has 0 radical (unpaired) electrons. The van der Waals surface area contributed by atoms with Crippen LogP contribution in [-0.4, -0.2) is 35.2 Å². The summed E-state index contributed by atoms with van der Waals surface area (Å²) in [6, 6.07) is -0.131. The molecule has 0 saturated heterocycles. The summed E-state index contributed by atoms with van der Waals surface area (Å²) in [4.78, 5) is 11.8. The van der Waals surface area contributed by atoms with Gasteiger partial charge in [0.15, 0.2) is 0 Å². The van der Waals surface area contributed by atoms with Crippen LogP contribution >= 0.6 is 11.8 Å². The second kappa shape index (κ2) is 7.17. The quantitative estimate of drug-likeness (QED) is 0.755. The molecule has 2 atom stereocenters. The maximum atomic E-state index is 11.8. The van der Waals surface area contributed by atoms with Crippen molar-refractivity contribution >= 4 is 17.7 Å². The predicted octanol–water partition coefficient (Wildman–Crippen LogP) is 2.04. The highest BCUT2D eigenvalue weighted by molar-refractivity contribution is 7.99. The average Bonchev–Trinajstić information content (AvgIpc) is 2.16. The lowest BCUT2D eigenvalue weighted by Crippen LogP contribution is -2.43. The van der Waals surface area contributed by atoms with E-state index in [0.717, 1.165) is 12.8 Å². The van der Waals surface area contributed by atoms with Crippen LogP contribution in [0.25, 0.3) is 0 Å². The summed E-state index contributed by atoms with van der Waals surface area (Å²) in [6.07, 6.45) is 3.55. The molecule has 0 saturated carbocycles. The molecule has 0 aromatic rings. The van der Waals surface area contributed by atoms with Crippen molar-refractivity contribution < 1.29 is 9.90 Å². The molecule has 0 bridgehead atoms. The molecule has 0 aliphatic carbocycles. The van der Waals surface area contributed by atoms with Gasteiger partial charge in [-0.15, -0.1) is 0 Å². The Bertz CT molecular complexity index is 210. The number of nitrogens with one attached hydrogen (secondary N) is 1. The first-order valence-electron chi connectivity index (χ1n) is 5.78. The number of carbonyl (C=O) groups excluding carboxylic acids is 1. The number of amides is 1. The SMILES string of the molecule is CCC(SC)C(=O)NC(CO)CC(C)(C)C. The molecule has 0 rings (SSSR count). The average molecular weight is 247 g/mol. The van der Waals surface area contributed by atoms with Gasteiger partial charge in [0.05, 0.1) is 17.9 Å². The predicted molar refractivity (Wildman–Crippen MR) is 70.7 cm³/mol. The highest BCUT2D eigenvalue weighted by Gasteiger charge is 2.22. The zero-order valence-corrected chi connectivity index (χ0v) is 11.9. The van der Waals surface area contributed by atoms with Crippen LogP contribution < -0.4 is 5.32 Å². The summed E-state index contributed by atoms with van der Waals surface area (Å²) >= 11 is 1.55. The first-order chi connectivity index (χ1) is 7.34. The smallest absolute Gasteiger partial charge is 0.233 e. The van der Waals surface area contributed by atoms with Gasteiger partial charge in [-0.2, -0.15) is 11.8 Å². The fraction of sp³-hybridized carbons (Fsp3) is 0.917. The standard InChI is InChI=1S/C12H25NO2S/c1-6-10(16-5)11(15)13-9(8-14)7-12(2,3)4/h9-10,14H,6-8H2,1-5H3,(H,13,15). The van der Waals surface area contributed by atoms with Crippen LogP contribution in [0.15, 0.2) is 0 Å². The summed E-state index contributed by atoms with van der Waals surface area (Å²) in [5.74, 6) is 0.0401. The van der Waals surface area contributed by atoms with Crippen molar-refractivity contribution in [3.63, 3.8) is 0 Å².